The van der Waals surface area contributed by atoms with E-state index in [2.05, 4.69) is 22.5 Å². The van der Waals surface area contributed by atoms with Crippen LogP contribution in [0.4, 0.5) is 0 Å². The van der Waals surface area contributed by atoms with E-state index >= 15 is 0 Å². The van der Waals surface area contributed by atoms with Crippen molar-refractivity contribution in [1.82, 2.24) is 4.90 Å². The average Bonchev–Trinajstić information content (AvgIpc) is 2.90. The van der Waals surface area contributed by atoms with E-state index in [0.717, 1.165) is 6.54 Å². The van der Waals surface area contributed by atoms with Crippen LogP contribution in [0.2, 0.25) is 0 Å². The lowest BCUT2D eigenvalue weighted by molar-refractivity contribution is 0.491. The topological polar surface area (TPSA) is 41.6 Å². The molecule has 0 bridgehead atoms. The monoisotopic (exact) mass is 237 g/mol. The number of guanidine groups is 1. The van der Waals surface area contributed by atoms with Crippen LogP contribution < -0.4 is 5.73 Å². The Kier molecular flexibility index (Phi) is 3.83. The molecule has 0 spiro atoms. The summed E-state index contributed by atoms with van der Waals surface area (Å²) in [5.41, 5.74) is 5.99. The maximum absolute atomic E-state index is 5.99. The molecule has 0 unspecified atom stereocenters. The second-order valence-corrected chi connectivity index (χ2v) is 5.39. The lowest BCUT2D eigenvalue weighted by atomic mass is 10.3. The summed E-state index contributed by atoms with van der Waals surface area (Å²) in [7, 11) is 2.01. The molecule has 88 valence electrons. The van der Waals surface area contributed by atoms with Crippen LogP contribution in [-0.4, -0.2) is 23.9 Å². The molecule has 0 aromatic carbocycles. The predicted octanol–water partition coefficient (Wildman–Crippen LogP) is 2.44. The van der Waals surface area contributed by atoms with Crippen molar-refractivity contribution >= 4 is 17.3 Å². The molecule has 1 aromatic heterocycles. The van der Waals surface area contributed by atoms with Crippen molar-refractivity contribution in [3.05, 3.63) is 22.4 Å². The lowest BCUT2D eigenvalue weighted by Crippen LogP contribution is -2.34. The fraction of sp³-hybridized carbons (Fsp3) is 0.583. The van der Waals surface area contributed by atoms with E-state index in [1.807, 2.05) is 11.9 Å². The van der Waals surface area contributed by atoms with Gasteiger partial charge in [0, 0.05) is 11.9 Å². The Hall–Kier alpha value is -1.03. The van der Waals surface area contributed by atoms with Gasteiger partial charge in [-0.1, -0.05) is 18.9 Å². The Bertz CT molecular complexity index is 339. The standard InChI is InChI=1S/C12H19N3S/c1-15(9-11-7-4-8-16-11)12(13)14-10-5-2-3-6-10/h4,7-8,10H,2-3,5-6,9H2,1H3,(H2,13,14). The van der Waals surface area contributed by atoms with Gasteiger partial charge in [-0.15, -0.1) is 11.3 Å². The van der Waals surface area contributed by atoms with Crippen molar-refractivity contribution in [3.63, 3.8) is 0 Å². The van der Waals surface area contributed by atoms with Crippen LogP contribution in [-0.2, 0) is 6.54 Å². The number of nitrogens with zero attached hydrogens (tertiary/aromatic N) is 2. The normalized spacial score (nSPS) is 17.9. The van der Waals surface area contributed by atoms with Crippen molar-refractivity contribution < 1.29 is 0 Å². The molecule has 0 radical (unpaired) electrons. The van der Waals surface area contributed by atoms with Crippen LogP contribution in [0.3, 0.4) is 0 Å². The van der Waals surface area contributed by atoms with Crippen LogP contribution in [0, 0.1) is 0 Å². The maximum atomic E-state index is 5.99. The highest BCUT2D eigenvalue weighted by Gasteiger charge is 2.15. The maximum Gasteiger partial charge on any atom is 0.191 e. The lowest BCUT2D eigenvalue weighted by Gasteiger charge is -2.18. The molecule has 0 saturated heterocycles. The van der Waals surface area contributed by atoms with Crippen molar-refractivity contribution in [2.24, 2.45) is 10.7 Å². The van der Waals surface area contributed by atoms with Crippen LogP contribution in [0.15, 0.2) is 22.5 Å². The summed E-state index contributed by atoms with van der Waals surface area (Å²) in [6.45, 7) is 0.861. The molecule has 2 N–H and O–H groups in total. The molecule has 1 aliphatic rings. The SMILES string of the molecule is CN(Cc1cccs1)C(N)=NC1CCCC1. The summed E-state index contributed by atoms with van der Waals surface area (Å²) in [4.78, 5) is 7.94. The van der Waals surface area contributed by atoms with Gasteiger partial charge in [0.1, 0.15) is 0 Å². The van der Waals surface area contributed by atoms with Gasteiger partial charge in [-0.3, -0.25) is 0 Å². The molecule has 1 fully saturated rings. The van der Waals surface area contributed by atoms with Crippen LogP contribution in [0.25, 0.3) is 0 Å². The molecule has 1 heterocycles. The van der Waals surface area contributed by atoms with Crippen molar-refractivity contribution in [2.45, 2.75) is 38.3 Å². The fourth-order valence-corrected chi connectivity index (χ4v) is 2.79. The quantitative estimate of drug-likeness (QED) is 0.648. The van der Waals surface area contributed by atoms with E-state index in [-0.39, 0.29) is 0 Å². The summed E-state index contributed by atoms with van der Waals surface area (Å²) >= 11 is 1.76. The molecule has 4 heteroatoms. The highest BCUT2D eigenvalue weighted by Crippen LogP contribution is 2.21. The van der Waals surface area contributed by atoms with Crippen molar-refractivity contribution in [2.75, 3.05) is 7.05 Å². The second-order valence-electron chi connectivity index (χ2n) is 4.36. The Labute approximate surface area is 101 Å². The van der Waals surface area contributed by atoms with E-state index in [9.17, 15) is 0 Å². The number of hydrogen-bond acceptors (Lipinski definition) is 2. The Morgan fingerprint density at radius 2 is 2.31 bits per heavy atom. The predicted molar refractivity (Wildman–Crippen MR) is 69.7 cm³/mol. The Morgan fingerprint density at radius 1 is 1.56 bits per heavy atom. The minimum atomic E-state index is 0.464. The van der Waals surface area contributed by atoms with Crippen LogP contribution >= 0.6 is 11.3 Å². The molecular weight excluding hydrogens is 218 g/mol. The molecule has 16 heavy (non-hydrogen) atoms. The van der Waals surface area contributed by atoms with Crippen molar-refractivity contribution in [3.8, 4) is 0 Å². The highest BCUT2D eigenvalue weighted by molar-refractivity contribution is 7.09. The minimum absolute atomic E-state index is 0.464. The van der Waals surface area contributed by atoms with E-state index in [1.54, 1.807) is 11.3 Å². The minimum Gasteiger partial charge on any atom is -0.370 e. The van der Waals surface area contributed by atoms with E-state index in [1.165, 1.54) is 30.6 Å². The van der Waals surface area contributed by atoms with Gasteiger partial charge in [0.15, 0.2) is 5.96 Å². The molecular formula is C12H19N3S. The summed E-state index contributed by atoms with van der Waals surface area (Å²) in [6, 6.07) is 4.66. The number of thiophene rings is 1. The van der Waals surface area contributed by atoms with Crippen LogP contribution in [0.5, 0.6) is 0 Å². The first-order chi connectivity index (χ1) is 7.75. The van der Waals surface area contributed by atoms with Crippen molar-refractivity contribution in [1.29, 1.82) is 0 Å². The third-order valence-corrected chi connectivity index (χ3v) is 3.86. The van der Waals surface area contributed by atoms with Crippen LogP contribution in [0.1, 0.15) is 30.6 Å². The fourth-order valence-electron chi connectivity index (χ4n) is 2.04. The average molecular weight is 237 g/mol. The van der Waals surface area contributed by atoms with Gasteiger partial charge in [-0.2, -0.15) is 0 Å². The Morgan fingerprint density at radius 3 is 2.94 bits per heavy atom. The molecule has 2 rings (SSSR count). The van der Waals surface area contributed by atoms with Gasteiger partial charge in [0.25, 0.3) is 0 Å². The second kappa shape index (κ2) is 5.34. The van der Waals surface area contributed by atoms with Gasteiger partial charge < -0.3 is 10.6 Å². The zero-order chi connectivity index (χ0) is 11.4. The smallest absolute Gasteiger partial charge is 0.191 e. The van der Waals surface area contributed by atoms with Gasteiger partial charge in [0.05, 0.1) is 12.6 Å². The molecule has 1 saturated carbocycles. The van der Waals surface area contributed by atoms with E-state index in [0.29, 0.717) is 12.0 Å². The first-order valence-corrected chi connectivity index (χ1v) is 6.70. The molecule has 1 aromatic rings. The third kappa shape index (κ3) is 2.98. The number of rotatable bonds is 3. The van der Waals surface area contributed by atoms with Gasteiger partial charge in [-0.25, -0.2) is 4.99 Å². The summed E-state index contributed by atoms with van der Waals surface area (Å²) in [6.07, 6.45) is 5.01. The molecule has 0 amide bonds. The molecule has 3 nitrogen and oxygen atoms in total. The molecule has 0 atom stereocenters. The van der Waals surface area contributed by atoms with E-state index in [4.69, 9.17) is 5.73 Å². The first-order valence-electron chi connectivity index (χ1n) is 5.82. The number of aliphatic imine (C=N–C) groups is 1. The highest BCUT2D eigenvalue weighted by atomic mass is 32.1. The Balaban J connectivity index is 1.90. The largest absolute Gasteiger partial charge is 0.370 e. The summed E-state index contributed by atoms with van der Waals surface area (Å²) in [5.74, 6) is 0.681. The zero-order valence-corrected chi connectivity index (χ0v) is 10.5. The summed E-state index contributed by atoms with van der Waals surface area (Å²) < 4.78 is 0. The first kappa shape index (κ1) is 11.5. The number of hydrogen-bond donors (Lipinski definition) is 1. The van der Waals surface area contributed by atoms with E-state index < -0.39 is 0 Å². The molecule has 1 aliphatic carbocycles. The zero-order valence-electron chi connectivity index (χ0n) is 9.72. The number of nitrogens with two attached hydrogens (primary N) is 1. The van der Waals surface area contributed by atoms with Gasteiger partial charge in [0.2, 0.25) is 0 Å². The summed E-state index contributed by atoms with van der Waals surface area (Å²) in [5, 5.41) is 2.09. The van der Waals surface area contributed by atoms with Gasteiger partial charge >= 0.3 is 0 Å². The molecule has 0 aliphatic heterocycles. The van der Waals surface area contributed by atoms with Gasteiger partial charge in [-0.05, 0) is 24.3 Å². The third-order valence-electron chi connectivity index (χ3n) is 3.00.